The van der Waals surface area contributed by atoms with Gasteiger partial charge in [0.1, 0.15) is 17.2 Å². The summed E-state index contributed by atoms with van der Waals surface area (Å²) < 4.78 is 18.1. The Morgan fingerprint density at radius 2 is 1.71 bits per heavy atom. The number of hydrogen-bond donors (Lipinski definition) is 2. The van der Waals surface area contributed by atoms with E-state index in [0.717, 1.165) is 21.5 Å². The number of carbonyl (C=O) groups excluding carboxylic acids is 2. The van der Waals surface area contributed by atoms with Crippen molar-refractivity contribution in [1.29, 1.82) is 0 Å². The number of amides is 2. The van der Waals surface area contributed by atoms with Crippen molar-refractivity contribution in [1.82, 2.24) is 9.88 Å². The van der Waals surface area contributed by atoms with Crippen molar-refractivity contribution in [2.24, 2.45) is 0 Å². The third-order valence-corrected chi connectivity index (χ3v) is 6.90. The van der Waals surface area contributed by atoms with Crippen LogP contribution in [0.5, 0.6) is 17.2 Å². The summed E-state index contributed by atoms with van der Waals surface area (Å²) in [5, 5.41) is 6.94. The molecule has 0 saturated carbocycles. The molecule has 0 spiro atoms. The molecule has 8 nitrogen and oxygen atoms in total. The molecular weight excluding hydrogens is 502 g/mol. The van der Waals surface area contributed by atoms with Gasteiger partial charge in [-0.3, -0.25) is 9.59 Å². The summed E-state index contributed by atoms with van der Waals surface area (Å²) in [5.74, 6) is 1.87. The van der Waals surface area contributed by atoms with Crippen LogP contribution < -0.4 is 24.8 Å². The van der Waals surface area contributed by atoms with Gasteiger partial charge in [0.05, 0.1) is 32.3 Å². The Hall–Kier alpha value is -4.11. The molecule has 0 saturated heterocycles. The number of methoxy groups -OCH3 is 2. The number of thioether (sulfide) groups is 1. The lowest BCUT2D eigenvalue weighted by atomic mass is 10.2. The monoisotopic (exact) mass is 533 g/mol. The Morgan fingerprint density at radius 1 is 0.947 bits per heavy atom. The SMILES string of the molecule is CCOc1ccc(C(=O)NCCn2cc(SCC(=O)Nc3cc(OC)ccc3OC)c3ccccc32)cc1. The summed E-state index contributed by atoms with van der Waals surface area (Å²) in [6.07, 6.45) is 2.03. The smallest absolute Gasteiger partial charge is 0.251 e. The van der Waals surface area contributed by atoms with E-state index >= 15 is 0 Å². The maximum absolute atomic E-state index is 12.7. The van der Waals surface area contributed by atoms with Crippen molar-refractivity contribution in [2.45, 2.75) is 18.4 Å². The highest BCUT2D eigenvalue weighted by molar-refractivity contribution is 8.00. The summed E-state index contributed by atoms with van der Waals surface area (Å²) in [6, 6.07) is 20.4. The quantitative estimate of drug-likeness (QED) is 0.243. The fraction of sp³-hybridized carbons (Fsp3) is 0.241. The van der Waals surface area contributed by atoms with Crippen LogP contribution in [0.4, 0.5) is 5.69 Å². The largest absolute Gasteiger partial charge is 0.497 e. The zero-order valence-corrected chi connectivity index (χ0v) is 22.5. The topological polar surface area (TPSA) is 90.8 Å². The molecule has 4 aromatic rings. The van der Waals surface area contributed by atoms with Crippen molar-refractivity contribution >= 4 is 40.2 Å². The summed E-state index contributed by atoms with van der Waals surface area (Å²) in [7, 11) is 3.13. The molecule has 4 rings (SSSR count). The number of aromatic nitrogens is 1. The maximum atomic E-state index is 12.7. The molecule has 0 radical (unpaired) electrons. The zero-order valence-electron chi connectivity index (χ0n) is 21.7. The van der Waals surface area contributed by atoms with Crippen molar-refractivity contribution in [3.63, 3.8) is 0 Å². The van der Waals surface area contributed by atoms with E-state index < -0.39 is 0 Å². The first-order valence-corrected chi connectivity index (χ1v) is 13.2. The molecule has 1 aromatic heterocycles. The van der Waals surface area contributed by atoms with Crippen molar-refractivity contribution in [3.05, 3.63) is 78.5 Å². The van der Waals surface area contributed by atoms with E-state index in [2.05, 4.69) is 15.2 Å². The third-order valence-electron chi connectivity index (χ3n) is 5.86. The van der Waals surface area contributed by atoms with E-state index in [4.69, 9.17) is 14.2 Å². The van der Waals surface area contributed by atoms with Crippen LogP contribution in [0.1, 0.15) is 17.3 Å². The summed E-state index contributed by atoms with van der Waals surface area (Å²) in [5.41, 5.74) is 2.18. The minimum atomic E-state index is -0.152. The van der Waals surface area contributed by atoms with Gasteiger partial charge in [-0.25, -0.2) is 0 Å². The van der Waals surface area contributed by atoms with Crippen LogP contribution in [0.25, 0.3) is 10.9 Å². The second-order valence-corrected chi connectivity index (χ2v) is 9.34. The number of nitrogens with zero attached hydrogens (tertiary/aromatic N) is 1. The van der Waals surface area contributed by atoms with Crippen molar-refractivity contribution < 1.29 is 23.8 Å². The van der Waals surface area contributed by atoms with E-state index in [1.54, 1.807) is 56.7 Å². The van der Waals surface area contributed by atoms with Gasteiger partial charge in [0.15, 0.2) is 0 Å². The Bertz CT molecular complexity index is 1400. The van der Waals surface area contributed by atoms with Crippen LogP contribution in [0.3, 0.4) is 0 Å². The lowest BCUT2D eigenvalue weighted by molar-refractivity contribution is -0.113. The van der Waals surface area contributed by atoms with Gasteiger partial charge in [-0.15, -0.1) is 11.8 Å². The minimum Gasteiger partial charge on any atom is -0.497 e. The van der Waals surface area contributed by atoms with Gasteiger partial charge in [-0.1, -0.05) is 18.2 Å². The Morgan fingerprint density at radius 3 is 2.45 bits per heavy atom. The Kier molecular flexibility index (Phi) is 9.16. The number of benzene rings is 3. The molecule has 0 unspecified atom stereocenters. The lowest BCUT2D eigenvalue weighted by Crippen LogP contribution is -2.27. The number of hydrogen-bond acceptors (Lipinski definition) is 6. The van der Waals surface area contributed by atoms with E-state index in [1.165, 1.54) is 11.8 Å². The minimum absolute atomic E-state index is 0.135. The summed E-state index contributed by atoms with van der Waals surface area (Å²) in [4.78, 5) is 26.3. The van der Waals surface area contributed by atoms with Gasteiger partial charge >= 0.3 is 0 Å². The zero-order chi connectivity index (χ0) is 26.9. The van der Waals surface area contributed by atoms with E-state index in [1.807, 2.05) is 37.4 Å². The van der Waals surface area contributed by atoms with Crippen LogP contribution in [0.15, 0.2) is 77.8 Å². The number of anilines is 1. The number of ether oxygens (including phenoxy) is 3. The van der Waals surface area contributed by atoms with Crippen molar-refractivity contribution in [3.8, 4) is 17.2 Å². The molecule has 0 fully saturated rings. The van der Waals surface area contributed by atoms with E-state index in [9.17, 15) is 9.59 Å². The molecule has 0 aliphatic rings. The molecule has 38 heavy (non-hydrogen) atoms. The molecule has 3 aromatic carbocycles. The fourth-order valence-corrected chi connectivity index (χ4v) is 4.90. The van der Waals surface area contributed by atoms with Crippen LogP contribution in [0.2, 0.25) is 0 Å². The summed E-state index contributed by atoms with van der Waals surface area (Å²) in [6.45, 7) is 3.56. The Labute approximate surface area is 226 Å². The molecule has 0 atom stereocenters. The maximum Gasteiger partial charge on any atom is 0.251 e. The summed E-state index contributed by atoms with van der Waals surface area (Å²) >= 11 is 1.46. The average Bonchev–Trinajstić information content (AvgIpc) is 3.30. The highest BCUT2D eigenvalue weighted by atomic mass is 32.2. The molecule has 9 heteroatoms. The fourth-order valence-electron chi connectivity index (χ4n) is 4.02. The van der Waals surface area contributed by atoms with E-state index in [0.29, 0.717) is 42.4 Å². The number of fused-ring (bicyclic) bond motifs is 1. The number of nitrogens with one attached hydrogen (secondary N) is 2. The highest BCUT2D eigenvalue weighted by Gasteiger charge is 2.14. The normalized spacial score (nSPS) is 10.7. The first-order valence-electron chi connectivity index (χ1n) is 12.3. The van der Waals surface area contributed by atoms with E-state index in [-0.39, 0.29) is 17.6 Å². The number of para-hydroxylation sites is 1. The van der Waals surface area contributed by atoms with Gasteiger partial charge in [0.25, 0.3) is 5.91 Å². The van der Waals surface area contributed by atoms with Gasteiger partial charge in [-0.05, 0) is 49.4 Å². The molecule has 198 valence electrons. The molecule has 0 aliphatic carbocycles. The molecule has 1 heterocycles. The third kappa shape index (κ3) is 6.60. The van der Waals surface area contributed by atoms with Crippen molar-refractivity contribution in [2.75, 3.05) is 38.4 Å². The lowest BCUT2D eigenvalue weighted by Gasteiger charge is -2.11. The molecule has 2 amide bonds. The highest BCUT2D eigenvalue weighted by Crippen LogP contribution is 2.32. The first kappa shape index (κ1) is 26.9. The molecule has 2 N–H and O–H groups in total. The predicted molar refractivity (Wildman–Crippen MR) is 151 cm³/mol. The Balaban J connectivity index is 1.37. The second kappa shape index (κ2) is 12.9. The average molecular weight is 534 g/mol. The standard InChI is InChI=1S/C29H31N3O5S/c1-4-37-21-11-9-20(10-12-21)29(34)30-15-16-32-18-27(23-7-5-6-8-25(23)32)38-19-28(33)31-24-17-22(35-2)13-14-26(24)36-3/h5-14,17-18H,4,15-16,19H2,1-3H3,(H,30,34)(H,31,33). The second-order valence-electron chi connectivity index (χ2n) is 8.32. The number of rotatable bonds is 12. The van der Waals surface area contributed by atoms with Crippen LogP contribution in [0, 0.1) is 0 Å². The van der Waals surface area contributed by atoms with Crippen LogP contribution in [-0.4, -0.2) is 49.5 Å². The van der Waals surface area contributed by atoms with Gasteiger partial charge in [0, 0.05) is 46.7 Å². The molecule has 0 bridgehead atoms. The van der Waals surface area contributed by atoms with Gasteiger partial charge < -0.3 is 29.4 Å². The van der Waals surface area contributed by atoms with Crippen LogP contribution in [-0.2, 0) is 11.3 Å². The van der Waals surface area contributed by atoms with Gasteiger partial charge in [-0.2, -0.15) is 0 Å². The number of carbonyl (C=O) groups is 2. The molecule has 0 aliphatic heterocycles. The van der Waals surface area contributed by atoms with Gasteiger partial charge in [0.2, 0.25) is 5.91 Å². The molecular formula is C29H31N3O5S. The predicted octanol–water partition coefficient (Wildman–Crippen LogP) is 5.22. The first-order chi connectivity index (χ1) is 18.5. The van der Waals surface area contributed by atoms with Crippen LogP contribution >= 0.6 is 11.8 Å².